The standard InChI is InChI=1S/C30H30N2O7.C30H32N2O5/c1-20(32(19-28(33)34)30(35)39-26-15-13-24(36-3)14-16-26)22-9-11-25(12-10-22)37-18-17-27-21(2)38-29(31-27)23-7-5-4-6-8-23;1-5-32(30(33)37-27-17-15-25(34-4)16-18-27)21(2)23-11-13-26(14-12-23)35-20-19-28-22(3)36-29(31-28)24-9-7-6-8-10-24/h4-16,20H,17-19H2,1-3H3,(H,33,34);6-18,21H,5,19-20H2,1-4H3/t20-;21-/m10/s1. The number of benzene rings is 6. The largest absolute Gasteiger partial charge is 0.497 e. The Kier molecular flexibility index (Phi) is 19.3. The molecule has 0 aliphatic carbocycles. The van der Waals surface area contributed by atoms with E-state index in [1.165, 1.54) is 7.11 Å². The predicted molar refractivity (Wildman–Crippen MR) is 286 cm³/mol. The SMILES string of the molecule is CCN(C(=O)Oc1ccc(OC)cc1)[C@@H](C)c1ccc(OCCc2nc(-c3ccccc3)oc2C)cc1.COc1ccc(OC(=O)N(CC(=O)O)[C@H](C)c2ccc(OCCc3nc(-c4ccccc4)oc3C)cc2)cc1. The zero-order chi connectivity index (χ0) is 54.0. The lowest BCUT2D eigenvalue weighted by molar-refractivity contribution is -0.138. The van der Waals surface area contributed by atoms with Gasteiger partial charge in [-0.05, 0) is 143 Å². The molecule has 0 aliphatic heterocycles. The second-order valence-electron chi connectivity index (χ2n) is 17.4. The average molecular weight is 1030 g/mol. The van der Waals surface area contributed by atoms with E-state index in [4.69, 9.17) is 37.3 Å². The lowest BCUT2D eigenvalue weighted by Crippen LogP contribution is -2.39. The summed E-state index contributed by atoms with van der Waals surface area (Å²) in [5.41, 5.74) is 5.31. The maximum Gasteiger partial charge on any atom is 0.416 e. The van der Waals surface area contributed by atoms with Crippen molar-refractivity contribution < 1.29 is 56.7 Å². The Morgan fingerprint density at radius 2 is 0.868 bits per heavy atom. The number of methoxy groups -OCH3 is 2. The molecule has 0 saturated carbocycles. The van der Waals surface area contributed by atoms with Crippen LogP contribution in [0.4, 0.5) is 9.59 Å². The predicted octanol–water partition coefficient (Wildman–Crippen LogP) is 12.8. The zero-order valence-corrected chi connectivity index (χ0v) is 43.6. The summed E-state index contributed by atoms with van der Waals surface area (Å²) in [6, 6.07) is 47.2. The van der Waals surface area contributed by atoms with Gasteiger partial charge in [0, 0.05) is 30.5 Å². The Labute approximate surface area is 442 Å². The van der Waals surface area contributed by atoms with E-state index >= 15 is 0 Å². The van der Waals surface area contributed by atoms with Crippen LogP contribution in [0.3, 0.4) is 0 Å². The number of aromatic nitrogens is 2. The minimum atomic E-state index is -1.15. The van der Waals surface area contributed by atoms with Crippen LogP contribution < -0.4 is 28.4 Å². The van der Waals surface area contributed by atoms with E-state index in [1.54, 1.807) is 91.7 Å². The van der Waals surface area contributed by atoms with Crippen LogP contribution >= 0.6 is 0 Å². The molecule has 0 aliphatic rings. The van der Waals surface area contributed by atoms with Crippen molar-refractivity contribution in [3.05, 3.63) is 192 Å². The van der Waals surface area contributed by atoms with Gasteiger partial charge in [-0.15, -0.1) is 0 Å². The quantitative estimate of drug-likeness (QED) is 0.0716. The highest BCUT2D eigenvalue weighted by molar-refractivity contribution is 5.78. The van der Waals surface area contributed by atoms with Gasteiger partial charge in [-0.25, -0.2) is 19.6 Å². The maximum absolute atomic E-state index is 12.9. The molecule has 0 radical (unpaired) electrons. The molecule has 16 nitrogen and oxygen atoms in total. The molecule has 1 N–H and O–H groups in total. The highest BCUT2D eigenvalue weighted by Crippen LogP contribution is 2.29. The molecule has 394 valence electrons. The van der Waals surface area contributed by atoms with Crippen LogP contribution in [0, 0.1) is 13.8 Å². The molecule has 8 aromatic rings. The van der Waals surface area contributed by atoms with Crippen molar-refractivity contribution in [2.45, 2.75) is 59.5 Å². The van der Waals surface area contributed by atoms with Crippen LogP contribution in [0.2, 0.25) is 0 Å². The van der Waals surface area contributed by atoms with Crippen molar-refractivity contribution in [1.29, 1.82) is 0 Å². The van der Waals surface area contributed by atoms with Crippen molar-refractivity contribution in [3.8, 4) is 57.4 Å². The summed E-state index contributed by atoms with van der Waals surface area (Å²) in [7, 11) is 3.13. The number of carboxylic acids is 1. The summed E-state index contributed by atoms with van der Waals surface area (Å²) in [6.07, 6.45) is 0.0389. The van der Waals surface area contributed by atoms with E-state index in [2.05, 4.69) is 9.97 Å². The number of aryl methyl sites for hydroxylation is 2. The van der Waals surface area contributed by atoms with Crippen LogP contribution in [-0.2, 0) is 17.6 Å². The van der Waals surface area contributed by atoms with Gasteiger partial charge in [0.25, 0.3) is 0 Å². The van der Waals surface area contributed by atoms with Crippen molar-refractivity contribution in [3.63, 3.8) is 0 Å². The third-order valence-electron chi connectivity index (χ3n) is 12.3. The van der Waals surface area contributed by atoms with Gasteiger partial charge in [0.05, 0.1) is 50.9 Å². The highest BCUT2D eigenvalue weighted by Gasteiger charge is 2.27. The van der Waals surface area contributed by atoms with Gasteiger partial charge in [-0.3, -0.25) is 9.69 Å². The molecular formula is C60H62N4O12. The monoisotopic (exact) mass is 1030 g/mol. The van der Waals surface area contributed by atoms with E-state index in [1.807, 2.05) is 113 Å². The molecule has 8 rings (SSSR count). The number of oxazole rings is 2. The third kappa shape index (κ3) is 15.0. The Hall–Kier alpha value is -9.05. The lowest BCUT2D eigenvalue weighted by Gasteiger charge is -2.27. The number of amides is 2. The molecule has 0 fully saturated rings. The van der Waals surface area contributed by atoms with Gasteiger partial charge in [-0.1, -0.05) is 60.7 Å². The Morgan fingerprint density at radius 1 is 0.513 bits per heavy atom. The molecule has 2 amide bonds. The zero-order valence-electron chi connectivity index (χ0n) is 43.6. The molecule has 2 heterocycles. The van der Waals surface area contributed by atoms with Gasteiger partial charge in [0.1, 0.15) is 52.6 Å². The number of aliphatic carboxylic acids is 1. The number of rotatable bonds is 21. The number of carbonyl (C=O) groups excluding carboxylic acids is 2. The Bertz CT molecular complexity index is 3090. The summed E-state index contributed by atoms with van der Waals surface area (Å²) >= 11 is 0. The molecule has 0 saturated heterocycles. The molecule has 2 aromatic heterocycles. The minimum absolute atomic E-state index is 0.168. The minimum Gasteiger partial charge on any atom is -0.497 e. The average Bonchev–Trinajstić information content (AvgIpc) is 4.02. The number of ether oxygens (including phenoxy) is 6. The van der Waals surface area contributed by atoms with Gasteiger partial charge in [0.15, 0.2) is 0 Å². The molecule has 16 heteroatoms. The molecule has 2 atom stereocenters. The summed E-state index contributed by atoms with van der Waals surface area (Å²) in [5, 5.41) is 9.39. The molecule has 76 heavy (non-hydrogen) atoms. The second-order valence-corrected chi connectivity index (χ2v) is 17.4. The molecule has 0 bridgehead atoms. The van der Waals surface area contributed by atoms with Crippen LogP contribution in [-0.4, -0.2) is 83.6 Å². The fourth-order valence-electron chi connectivity index (χ4n) is 7.98. The normalized spacial score (nSPS) is 11.5. The highest BCUT2D eigenvalue weighted by atomic mass is 16.6. The van der Waals surface area contributed by atoms with E-state index in [-0.39, 0.29) is 11.8 Å². The first kappa shape index (κ1) is 54.7. The van der Waals surface area contributed by atoms with E-state index < -0.39 is 30.7 Å². The second kappa shape index (κ2) is 26.8. The fourth-order valence-corrected chi connectivity index (χ4v) is 7.98. The Morgan fingerprint density at radius 3 is 1.24 bits per heavy atom. The van der Waals surface area contributed by atoms with Crippen LogP contribution in [0.25, 0.3) is 22.9 Å². The summed E-state index contributed by atoms with van der Waals surface area (Å²) in [6.45, 7) is 10.3. The van der Waals surface area contributed by atoms with E-state index in [0.717, 1.165) is 55.8 Å². The Balaban J connectivity index is 0.000000221. The molecule has 6 aromatic carbocycles. The van der Waals surface area contributed by atoms with Crippen LogP contribution in [0.1, 0.15) is 66.9 Å². The van der Waals surface area contributed by atoms with Crippen molar-refractivity contribution >= 4 is 18.2 Å². The number of carbonyl (C=O) groups is 3. The summed E-state index contributed by atoms with van der Waals surface area (Å²) < 4.78 is 44.7. The first-order valence-electron chi connectivity index (χ1n) is 24.8. The first-order chi connectivity index (χ1) is 36.8. The van der Waals surface area contributed by atoms with Crippen LogP contribution in [0.5, 0.6) is 34.5 Å². The lowest BCUT2D eigenvalue weighted by atomic mass is 10.1. The van der Waals surface area contributed by atoms with E-state index in [0.29, 0.717) is 67.4 Å². The topological polar surface area (TPSA) is 185 Å². The molecule has 0 unspecified atom stereocenters. The number of nitrogens with zero attached hydrogens (tertiary/aromatic N) is 4. The van der Waals surface area contributed by atoms with E-state index in [9.17, 15) is 19.5 Å². The maximum atomic E-state index is 12.9. The number of carboxylic acid groups (broad SMARTS) is 1. The van der Waals surface area contributed by atoms with Gasteiger partial charge in [0.2, 0.25) is 11.8 Å². The molecular weight excluding hydrogens is 969 g/mol. The number of hydrogen-bond donors (Lipinski definition) is 1. The van der Waals surface area contributed by atoms with Crippen molar-refractivity contribution in [1.82, 2.24) is 19.8 Å². The van der Waals surface area contributed by atoms with Crippen LogP contribution in [0.15, 0.2) is 167 Å². The molecule has 0 spiro atoms. The smallest absolute Gasteiger partial charge is 0.416 e. The van der Waals surface area contributed by atoms with Crippen molar-refractivity contribution in [2.75, 3.05) is 40.5 Å². The third-order valence-corrected chi connectivity index (χ3v) is 12.3. The van der Waals surface area contributed by atoms with Gasteiger partial charge < -0.3 is 47.3 Å². The van der Waals surface area contributed by atoms with Gasteiger partial charge in [-0.2, -0.15) is 0 Å². The fraction of sp³-hybridized carbons (Fsp3) is 0.250. The first-order valence-corrected chi connectivity index (χ1v) is 24.8. The van der Waals surface area contributed by atoms with Crippen molar-refractivity contribution in [2.24, 2.45) is 0 Å². The number of hydrogen-bond acceptors (Lipinski definition) is 13. The summed E-state index contributed by atoms with van der Waals surface area (Å²) in [5.74, 6) is 5.07. The summed E-state index contributed by atoms with van der Waals surface area (Å²) in [4.78, 5) is 49.2. The van der Waals surface area contributed by atoms with Gasteiger partial charge >= 0.3 is 18.2 Å².